The van der Waals surface area contributed by atoms with Gasteiger partial charge in [0.2, 0.25) is 0 Å². The number of hydrogen-bond donors (Lipinski definition) is 0. The summed E-state index contributed by atoms with van der Waals surface area (Å²) in [4.78, 5) is 0. The quantitative estimate of drug-likeness (QED) is 0.341. The maximum absolute atomic E-state index is 12.6. The predicted octanol–water partition coefficient (Wildman–Crippen LogP) is 4.94. The second-order valence-corrected chi connectivity index (χ2v) is 5.80. The van der Waals surface area contributed by atoms with Crippen molar-refractivity contribution in [2.75, 3.05) is 18.9 Å². The van der Waals surface area contributed by atoms with Crippen LogP contribution in [-0.4, -0.2) is 37.1 Å². The Morgan fingerprint density at radius 1 is 1.00 bits per heavy atom. The van der Waals surface area contributed by atoms with E-state index < -0.39 is 24.8 Å². The summed E-state index contributed by atoms with van der Waals surface area (Å²) in [5, 5.41) is 0. The topological polar surface area (TPSA) is 9.23 Å². The van der Waals surface area contributed by atoms with Crippen LogP contribution in [0.1, 0.15) is 20.3 Å². The first kappa shape index (κ1) is 22.5. The number of ether oxygens (including phenoxy) is 1. The van der Waals surface area contributed by atoms with Crippen molar-refractivity contribution in [2.24, 2.45) is 5.92 Å². The zero-order chi connectivity index (χ0) is 15.3. The third-order valence-corrected chi connectivity index (χ3v) is 3.87. The highest BCUT2D eigenvalue weighted by Crippen LogP contribution is 2.46. The molecule has 0 fully saturated rings. The Balaban J connectivity index is 0. The van der Waals surface area contributed by atoms with Gasteiger partial charge in [-0.25, -0.2) is 0 Å². The van der Waals surface area contributed by atoms with Crippen molar-refractivity contribution < 1.29 is 35.5 Å². The Kier molecular flexibility index (Phi) is 9.65. The van der Waals surface area contributed by atoms with Crippen LogP contribution in [0.5, 0.6) is 0 Å². The van der Waals surface area contributed by atoms with Gasteiger partial charge in [0.1, 0.15) is 0 Å². The van der Waals surface area contributed by atoms with Gasteiger partial charge in [-0.1, -0.05) is 13.8 Å². The van der Waals surface area contributed by atoms with Gasteiger partial charge in [-0.3, -0.25) is 0 Å². The Hall–Kier alpha value is 0.190. The lowest BCUT2D eigenvalue weighted by atomic mass is 10.3. The highest BCUT2D eigenvalue weighted by atomic mass is 35.5. The van der Waals surface area contributed by atoms with Crippen molar-refractivity contribution in [1.82, 2.24) is 0 Å². The van der Waals surface area contributed by atoms with E-state index in [2.05, 4.69) is 4.74 Å². The molecule has 0 aliphatic rings. The lowest BCUT2D eigenvalue weighted by molar-refractivity contribution is -0.423. The molecular weight excluding hydrogens is 336 g/mol. The second kappa shape index (κ2) is 8.59. The summed E-state index contributed by atoms with van der Waals surface area (Å²) in [5.41, 5.74) is 0. The number of alkyl halides is 7. The standard InChI is InChI=1S/C10H16F7OP.ClH/c1-7(2)6-19-5-3-4-18-10(16,17)8(11,12)9(13,14)15;/h7,19H,3-6H2,1-2H3;1H. The molecule has 1 unspecified atom stereocenters. The zero-order valence-corrected chi connectivity index (χ0v) is 12.7. The molecule has 0 aromatic carbocycles. The molecule has 0 aromatic rings. The molecule has 1 nitrogen and oxygen atoms in total. The monoisotopic (exact) mass is 352 g/mol. The van der Waals surface area contributed by atoms with Gasteiger partial charge in [-0.2, -0.15) is 30.7 Å². The summed E-state index contributed by atoms with van der Waals surface area (Å²) < 4.78 is 88.7. The molecule has 0 radical (unpaired) electrons. The van der Waals surface area contributed by atoms with Crippen molar-refractivity contribution >= 4 is 21.0 Å². The van der Waals surface area contributed by atoms with E-state index in [9.17, 15) is 30.7 Å². The van der Waals surface area contributed by atoms with Crippen molar-refractivity contribution in [1.29, 1.82) is 0 Å². The molecule has 124 valence electrons. The molecule has 20 heavy (non-hydrogen) atoms. The molecule has 10 heteroatoms. The fourth-order valence-electron chi connectivity index (χ4n) is 1.04. The van der Waals surface area contributed by atoms with Crippen LogP contribution in [-0.2, 0) is 4.74 Å². The molecule has 0 amide bonds. The fourth-order valence-corrected chi connectivity index (χ4v) is 2.22. The van der Waals surface area contributed by atoms with Crippen LogP contribution in [0.15, 0.2) is 0 Å². The van der Waals surface area contributed by atoms with Gasteiger partial charge in [-0.05, 0) is 24.7 Å². The zero-order valence-electron chi connectivity index (χ0n) is 10.9. The van der Waals surface area contributed by atoms with Gasteiger partial charge in [0.25, 0.3) is 0 Å². The molecule has 0 rings (SSSR count). The van der Waals surface area contributed by atoms with Crippen LogP contribution >= 0.6 is 21.0 Å². The average molecular weight is 353 g/mol. The third kappa shape index (κ3) is 6.76. The average Bonchev–Trinajstić information content (AvgIpc) is 2.20. The van der Waals surface area contributed by atoms with E-state index in [0.29, 0.717) is 20.7 Å². The van der Waals surface area contributed by atoms with E-state index in [0.717, 1.165) is 6.16 Å². The number of rotatable bonds is 8. The summed E-state index contributed by atoms with van der Waals surface area (Å²) in [5.74, 6) is -5.75. The van der Waals surface area contributed by atoms with Crippen LogP contribution in [0, 0.1) is 5.92 Å². The van der Waals surface area contributed by atoms with Crippen molar-refractivity contribution in [3.05, 3.63) is 0 Å². The lowest BCUT2D eigenvalue weighted by Gasteiger charge is -2.27. The van der Waals surface area contributed by atoms with Gasteiger partial charge >= 0.3 is 18.2 Å². The molecular formula is C10H17ClF7OP. The van der Waals surface area contributed by atoms with Crippen molar-refractivity contribution in [3.8, 4) is 0 Å². The Morgan fingerprint density at radius 3 is 1.90 bits per heavy atom. The first-order valence-corrected chi connectivity index (χ1v) is 7.00. The fraction of sp³-hybridized carbons (Fsp3) is 1.00. The second-order valence-electron chi connectivity index (χ2n) is 4.39. The SMILES string of the molecule is CC(C)CPCCCOC(F)(F)C(F)(F)C(F)(F)F.Cl. The molecule has 0 heterocycles. The van der Waals surface area contributed by atoms with E-state index in [1.807, 2.05) is 13.8 Å². The molecule has 0 aromatic heterocycles. The van der Waals surface area contributed by atoms with E-state index in [-0.39, 0.29) is 18.8 Å². The summed E-state index contributed by atoms with van der Waals surface area (Å²) in [6.07, 6.45) is -10.5. The molecule has 0 aliphatic heterocycles. The molecule has 0 spiro atoms. The molecule has 0 saturated carbocycles. The predicted molar refractivity (Wildman–Crippen MR) is 66.7 cm³/mol. The van der Waals surface area contributed by atoms with E-state index in [1.165, 1.54) is 0 Å². The van der Waals surface area contributed by atoms with Crippen LogP contribution in [0.4, 0.5) is 30.7 Å². The van der Waals surface area contributed by atoms with Gasteiger partial charge < -0.3 is 4.74 Å². The molecule has 0 bridgehead atoms. The minimum atomic E-state index is -6.34. The highest BCUT2D eigenvalue weighted by molar-refractivity contribution is 7.37. The maximum atomic E-state index is 12.6. The lowest BCUT2D eigenvalue weighted by Crippen LogP contribution is -2.53. The minimum absolute atomic E-state index is 0. The van der Waals surface area contributed by atoms with E-state index >= 15 is 0 Å². The van der Waals surface area contributed by atoms with Gasteiger partial charge in [0.05, 0.1) is 6.61 Å². The largest absolute Gasteiger partial charge is 0.462 e. The Bertz CT molecular complexity index is 271. The first-order valence-electron chi connectivity index (χ1n) is 5.59. The molecule has 0 saturated heterocycles. The maximum Gasteiger partial charge on any atom is 0.462 e. The van der Waals surface area contributed by atoms with Crippen LogP contribution in [0.25, 0.3) is 0 Å². The summed E-state index contributed by atoms with van der Waals surface area (Å²) >= 11 is 0. The highest BCUT2D eigenvalue weighted by Gasteiger charge is 2.74. The smallest absolute Gasteiger partial charge is 0.315 e. The first-order chi connectivity index (χ1) is 8.42. The molecule has 1 atom stereocenters. The number of halogens is 8. The normalized spacial score (nSPS) is 14.1. The third-order valence-electron chi connectivity index (χ3n) is 2.06. The summed E-state index contributed by atoms with van der Waals surface area (Å²) in [6.45, 7) is 3.09. The van der Waals surface area contributed by atoms with Crippen molar-refractivity contribution in [3.63, 3.8) is 0 Å². The van der Waals surface area contributed by atoms with Crippen LogP contribution < -0.4 is 0 Å². The van der Waals surface area contributed by atoms with Crippen LogP contribution in [0.3, 0.4) is 0 Å². The minimum Gasteiger partial charge on any atom is -0.315 e. The molecule has 0 N–H and O–H groups in total. The van der Waals surface area contributed by atoms with Gasteiger partial charge in [0.15, 0.2) is 0 Å². The molecule has 0 aliphatic carbocycles. The summed E-state index contributed by atoms with van der Waals surface area (Å²) in [6, 6.07) is 0. The van der Waals surface area contributed by atoms with Crippen molar-refractivity contribution in [2.45, 2.75) is 38.5 Å². The Labute approximate surface area is 120 Å². The van der Waals surface area contributed by atoms with Gasteiger partial charge in [-0.15, -0.1) is 21.0 Å². The van der Waals surface area contributed by atoms with Crippen LogP contribution in [0.2, 0.25) is 0 Å². The van der Waals surface area contributed by atoms with Gasteiger partial charge in [0, 0.05) is 0 Å². The summed E-state index contributed by atoms with van der Waals surface area (Å²) in [7, 11) is 0.447. The number of hydrogen-bond acceptors (Lipinski definition) is 1. The van der Waals surface area contributed by atoms with E-state index in [1.54, 1.807) is 0 Å². The van der Waals surface area contributed by atoms with E-state index in [4.69, 9.17) is 0 Å². The Morgan fingerprint density at radius 2 is 1.50 bits per heavy atom.